The summed E-state index contributed by atoms with van der Waals surface area (Å²) >= 11 is 0. The van der Waals surface area contributed by atoms with Gasteiger partial charge in [-0.05, 0) is 143 Å². The van der Waals surface area contributed by atoms with Crippen LogP contribution in [0.1, 0.15) is 0 Å². The standard InChI is InChI=1S/C70H46N4/c1-3-20-52(21-4-1)72-67-31-15-11-27-60(67)62-45-49(36-40-69(62)72)51-42-50(47-34-37-54(38-35-47)74-65-29-13-9-25-58(65)59-26-10-14-30-66(59)74)43-56(44-51)71(64-33-17-19-48-18-7-8-24-57(48)64)55-39-41-70-63(46-55)61-28-12-16-32-68(61)73(70)53-22-5-2-6-23-53/h1-46H. The first-order chi connectivity index (χ1) is 36.7. The van der Waals surface area contributed by atoms with Crippen molar-refractivity contribution in [2.24, 2.45) is 0 Å². The molecule has 3 aromatic heterocycles. The van der Waals surface area contributed by atoms with Gasteiger partial charge in [0.1, 0.15) is 0 Å². The van der Waals surface area contributed by atoms with Gasteiger partial charge in [0.15, 0.2) is 0 Å². The first-order valence-corrected chi connectivity index (χ1v) is 25.4. The summed E-state index contributed by atoms with van der Waals surface area (Å²) in [6.45, 7) is 0. The SMILES string of the molecule is c1ccc(-n2c3ccccc3c3cc(-c4cc(-c5ccc(-n6c7ccccc7c7ccccc76)cc5)cc(N(c5ccc6c(c5)c5ccccc5n6-c5ccccc5)c5cccc6ccccc56)c4)ccc32)cc1. The van der Waals surface area contributed by atoms with E-state index < -0.39 is 0 Å². The van der Waals surface area contributed by atoms with Crippen LogP contribution in [0.5, 0.6) is 0 Å². The number of anilines is 3. The van der Waals surface area contributed by atoms with E-state index in [-0.39, 0.29) is 0 Å². The maximum Gasteiger partial charge on any atom is 0.0542 e. The minimum atomic E-state index is 1.07. The molecule has 4 nitrogen and oxygen atoms in total. The number of fused-ring (bicyclic) bond motifs is 10. The zero-order chi connectivity index (χ0) is 48.7. The molecule has 3 heterocycles. The first kappa shape index (κ1) is 41.8. The molecule has 0 aliphatic heterocycles. The number of benzene rings is 12. The van der Waals surface area contributed by atoms with Crippen molar-refractivity contribution < 1.29 is 0 Å². The molecule has 0 N–H and O–H groups in total. The number of hydrogen-bond acceptors (Lipinski definition) is 1. The van der Waals surface area contributed by atoms with Gasteiger partial charge >= 0.3 is 0 Å². The molecule has 4 heteroatoms. The van der Waals surface area contributed by atoms with Crippen LogP contribution in [-0.2, 0) is 0 Å². The highest BCUT2D eigenvalue weighted by Gasteiger charge is 2.22. The van der Waals surface area contributed by atoms with Gasteiger partial charge in [0.2, 0.25) is 0 Å². The van der Waals surface area contributed by atoms with Gasteiger partial charge in [-0.25, -0.2) is 0 Å². The maximum absolute atomic E-state index is 2.48. The molecule has 0 saturated heterocycles. The van der Waals surface area contributed by atoms with Crippen molar-refractivity contribution in [2.45, 2.75) is 0 Å². The molecule has 346 valence electrons. The van der Waals surface area contributed by atoms with Crippen LogP contribution in [0.3, 0.4) is 0 Å². The Kier molecular flexibility index (Phi) is 9.54. The highest BCUT2D eigenvalue weighted by molar-refractivity contribution is 6.13. The number of para-hydroxylation sites is 6. The summed E-state index contributed by atoms with van der Waals surface area (Å²) < 4.78 is 7.18. The Labute approximate surface area is 428 Å². The Morgan fingerprint density at radius 1 is 0.216 bits per heavy atom. The van der Waals surface area contributed by atoms with Crippen molar-refractivity contribution in [2.75, 3.05) is 4.90 Å². The Bertz CT molecular complexity index is 4590. The summed E-state index contributed by atoms with van der Waals surface area (Å²) in [6, 6.07) is 102. The lowest BCUT2D eigenvalue weighted by Crippen LogP contribution is -2.11. The molecule has 0 aliphatic rings. The van der Waals surface area contributed by atoms with Gasteiger partial charge in [0.25, 0.3) is 0 Å². The predicted molar refractivity (Wildman–Crippen MR) is 313 cm³/mol. The zero-order valence-corrected chi connectivity index (χ0v) is 40.3. The number of hydrogen-bond donors (Lipinski definition) is 0. The minimum Gasteiger partial charge on any atom is -0.310 e. The van der Waals surface area contributed by atoms with Crippen molar-refractivity contribution >= 4 is 93.3 Å². The van der Waals surface area contributed by atoms with Crippen LogP contribution >= 0.6 is 0 Å². The van der Waals surface area contributed by atoms with E-state index in [1.807, 2.05) is 0 Å². The van der Waals surface area contributed by atoms with Crippen molar-refractivity contribution in [3.63, 3.8) is 0 Å². The number of aromatic nitrogens is 3. The van der Waals surface area contributed by atoms with Crippen molar-refractivity contribution in [3.8, 4) is 39.3 Å². The quantitative estimate of drug-likeness (QED) is 0.148. The van der Waals surface area contributed by atoms with Gasteiger partial charge in [0.05, 0.1) is 38.8 Å². The lowest BCUT2D eigenvalue weighted by Gasteiger charge is -2.28. The molecular formula is C70H46N4. The first-order valence-electron chi connectivity index (χ1n) is 25.4. The molecule has 0 saturated carbocycles. The van der Waals surface area contributed by atoms with E-state index in [1.54, 1.807) is 0 Å². The van der Waals surface area contributed by atoms with E-state index in [9.17, 15) is 0 Å². The van der Waals surface area contributed by atoms with E-state index in [0.29, 0.717) is 0 Å². The highest BCUT2D eigenvalue weighted by Crippen LogP contribution is 2.46. The predicted octanol–water partition coefficient (Wildman–Crippen LogP) is 18.9. The fraction of sp³-hybridized carbons (Fsp3) is 0. The van der Waals surface area contributed by atoms with E-state index in [1.165, 1.54) is 76.2 Å². The third-order valence-corrected chi connectivity index (χ3v) is 15.2. The molecule has 0 aliphatic carbocycles. The van der Waals surface area contributed by atoms with Crippen LogP contribution < -0.4 is 4.90 Å². The summed E-state index contributed by atoms with van der Waals surface area (Å²) in [6.07, 6.45) is 0. The van der Waals surface area contributed by atoms with Crippen LogP contribution in [0.15, 0.2) is 279 Å². The van der Waals surface area contributed by atoms with E-state index in [2.05, 4.69) is 298 Å². The van der Waals surface area contributed by atoms with Crippen molar-refractivity contribution in [3.05, 3.63) is 279 Å². The fourth-order valence-electron chi connectivity index (χ4n) is 11.9. The van der Waals surface area contributed by atoms with Crippen LogP contribution in [0.2, 0.25) is 0 Å². The van der Waals surface area contributed by atoms with Gasteiger partial charge < -0.3 is 18.6 Å². The number of nitrogens with zero attached hydrogens (tertiary/aromatic N) is 4. The highest BCUT2D eigenvalue weighted by atomic mass is 15.1. The molecule has 0 atom stereocenters. The van der Waals surface area contributed by atoms with Crippen molar-refractivity contribution in [1.29, 1.82) is 0 Å². The second kappa shape index (κ2) is 16.9. The summed E-state index contributed by atoms with van der Waals surface area (Å²) in [5.41, 5.74) is 18.3. The van der Waals surface area contributed by atoms with Gasteiger partial charge in [-0.3, -0.25) is 0 Å². The Morgan fingerprint density at radius 3 is 1.19 bits per heavy atom. The molecule has 74 heavy (non-hydrogen) atoms. The summed E-state index contributed by atoms with van der Waals surface area (Å²) in [5, 5.41) is 9.74. The molecule has 0 fully saturated rings. The summed E-state index contributed by atoms with van der Waals surface area (Å²) in [7, 11) is 0. The third-order valence-electron chi connectivity index (χ3n) is 15.2. The Morgan fingerprint density at radius 2 is 0.622 bits per heavy atom. The Hall–Kier alpha value is -9.90. The average molecular weight is 943 g/mol. The average Bonchev–Trinajstić information content (AvgIpc) is 4.12. The molecule has 15 aromatic rings. The smallest absolute Gasteiger partial charge is 0.0542 e. The van der Waals surface area contributed by atoms with E-state index >= 15 is 0 Å². The minimum absolute atomic E-state index is 1.07. The molecule has 15 rings (SSSR count). The topological polar surface area (TPSA) is 18.0 Å². The second-order valence-corrected chi connectivity index (χ2v) is 19.3. The molecule has 0 amide bonds. The molecule has 0 unspecified atom stereocenters. The van der Waals surface area contributed by atoms with Gasteiger partial charge in [-0.15, -0.1) is 0 Å². The molecule has 0 radical (unpaired) electrons. The third kappa shape index (κ3) is 6.62. The summed E-state index contributed by atoms with van der Waals surface area (Å²) in [4.78, 5) is 2.48. The molecular weight excluding hydrogens is 897 g/mol. The molecule has 0 spiro atoms. The normalized spacial score (nSPS) is 11.8. The lowest BCUT2D eigenvalue weighted by atomic mass is 9.95. The van der Waals surface area contributed by atoms with Gasteiger partial charge in [-0.1, -0.05) is 164 Å². The van der Waals surface area contributed by atoms with Crippen molar-refractivity contribution in [1.82, 2.24) is 13.7 Å². The molecule has 0 bridgehead atoms. The zero-order valence-electron chi connectivity index (χ0n) is 40.3. The van der Waals surface area contributed by atoms with E-state index in [0.717, 1.165) is 56.4 Å². The van der Waals surface area contributed by atoms with E-state index in [4.69, 9.17) is 0 Å². The van der Waals surface area contributed by atoms with Gasteiger partial charge in [0, 0.05) is 66.1 Å². The van der Waals surface area contributed by atoms with Crippen LogP contribution in [0, 0.1) is 0 Å². The molecule has 12 aromatic carbocycles. The van der Waals surface area contributed by atoms with Crippen LogP contribution in [0.25, 0.3) is 116 Å². The summed E-state index contributed by atoms with van der Waals surface area (Å²) in [5.74, 6) is 0. The fourth-order valence-corrected chi connectivity index (χ4v) is 11.9. The maximum atomic E-state index is 2.48. The van der Waals surface area contributed by atoms with Crippen LogP contribution in [0.4, 0.5) is 17.1 Å². The Balaban J connectivity index is 0.973. The number of rotatable bonds is 8. The van der Waals surface area contributed by atoms with Gasteiger partial charge in [-0.2, -0.15) is 0 Å². The lowest BCUT2D eigenvalue weighted by molar-refractivity contribution is 1.18. The van der Waals surface area contributed by atoms with Crippen LogP contribution in [-0.4, -0.2) is 13.7 Å². The largest absolute Gasteiger partial charge is 0.310 e. The monoisotopic (exact) mass is 942 g/mol. The second-order valence-electron chi connectivity index (χ2n) is 19.3.